The van der Waals surface area contributed by atoms with Crippen LogP contribution in [-0.4, -0.2) is 29.6 Å². The molecule has 2 N–H and O–H groups in total. The van der Waals surface area contributed by atoms with Crippen molar-refractivity contribution in [3.05, 3.63) is 34.9 Å². The van der Waals surface area contributed by atoms with Gasteiger partial charge in [0.25, 0.3) is 0 Å². The lowest BCUT2D eigenvalue weighted by molar-refractivity contribution is -0.141. The van der Waals surface area contributed by atoms with Crippen LogP contribution >= 0.6 is 11.6 Å². The zero-order valence-corrected chi connectivity index (χ0v) is 13.5. The summed E-state index contributed by atoms with van der Waals surface area (Å²) in [6, 6.07) is 7.37. The van der Waals surface area contributed by atoms with Crippen LogP contribution in [0.5, 0.6) is 0 Å². The van der Waals surface area contributed by atoms with Gasteiger partial charge in [0.05, 0.1) is 12.0 Å². The van der Waals surface area contributed by atoms with E-state index in [-0.39, 0.29) is 24.0 Å². The number of carboxylic acid groups (broad SMARTS) is 1. The maximum Gasteiger partial charge on any atom is 0.306 e. The molecular formula is C17H20ClNO4. The van der Waals surface area contributed by atoms with Crippen molar-refractivity contribution < 1.29 is 19.4 Å². The second-order valence-corrected chi connectivity index (χ2v) is 6.73. The SMILES string of the molecule is O=C(O)[C@@H]1CC[C@H](C(=O)NC2CCOC2c2ccc(Cl)cc2)C1. The predicted molar refractivity (Wildman–Crippen MR) is 85.2 cm³/mol. The predicted octanol–water partition coefficient (Wildman–Crippen LogP) is 2.79. The Hall–Kier alpha value is -1.59. The Bertz CT molecular complexity index is 589. The normalized spacial score (nSPS) is 30.3. The zero-order valence-electron chi connectivity index (χ0n) is 12.7. The van der Waals surface area contributed by atoms with Crippen LogP contribution in [0.4, 0.5) is 0 Å². The monoisotopic (exact) mass is 337 g/mol. The molecule has 1 heterocycles. The van der Waals surface area contributed by atoms with Crippen molar-refractivity contribution in [3.63, 3.8) is 0 Å². The fraction of sp³-hybridized carbons (Fsp3) is 0.529. The molecule has 23 heavy (non-hydrogen) atoms. The molecule has 0 bridgehead atoms. The Morgan fingerprint density at radius 1 is 1.13 bits per heavy atom. The van der Waals surface area contributed by atoms with E-state index >= 15 is 0 Å². The highest BCUT2D eigenvalue weighted by Gasteiger charge is 2.37. The van der Waals surface area contributed by atoms with Crippen molar-refractivity contribution in [1.29, 1.82) is 0 Å². The fourth-order valence-electron chi connectivity index (χ4n) is 3.46. The van der Waals surface area contributed by atoms with Gasteiger partial charge in [-0.1, -0.05) is 23.7 Å². The number of carboxylic acids is 1. The molecule has 2 fully saturated rings. The first-order valence-corrected chi connectivity index (χ1v) is 8.32. The van der Waals surface area contributed by atoms with Gasteiger partial charge >= 0.3 is 5.97 Å². The Labute approximate surface area is 140 Å². The first-order chi connectivity index (χ1) is 11.0. The van der Waals surface area contributed by atoms with Crippen LogP contribution in [-0.2, 0) is 14.3 Å². The Morgan fingerprint density at radius 2 is 1.83 bits per heavy atom. The molecule has 2 aliphatic rings. The second kappa shape index (κ2) is 6.89. The third kappa shape index (κ3) is 3.67. The number of rotatable bonds is 4. The molecule has 1 aliphatic heterocycles. The molecule has 1 aromatic carbocycles. The Balaban J connectivity index is 1.61. The van der Waals surface area contributed by atoms with Crippen molar-refractivity contribution in [3.8, 4) is 0 Å². The molecule has 3 rings (SSSR count). The Morgan fingerprint density at radius 3 is 2.48 bits per heavy atom. The van der Waals surface area contributed by atoms with Crippen LogP contribution in [0.2, 0.25) is 5.02 Å². The highest BCUT2D eigenvalue weighted by Crippen LogP contribution is 2.33. The zero-order chi connectivity index (χ0) is 16.4. The maximum absolute atomic E-state index is 12.4. The molecule has 1 aliphatic carbocycles. The van der Waals surface area contributed by atoms with Crippen molar-refractivity contribution in [2.75, 3.05) is 6.61 Å². The summed E-state index contributed by atoms with van der Waals surface area (Å²) in [5, 5.41) is 12.8. The topological polar surface area (TPSA) is 75.6 Å². The molecule has 1 amide bonds. The highest BCUT2D eigenvalue weighted by atomic mass is 35.5. The molecule has 124 valence electrons. The second-order valence-electron chi connectivity index (χ2n) is 6.29. The van der Waals surface area contributed by atoms with E-state index in [1.54, 1.807) is 0 Å². The van der Waals surface area contributed by atoms with Crippen molar-refractivity contribution in [2.24, 2.45) is 11.8 Å². The van der Waals surface area contributed by atoms with Crippen molar-refractivity contribution >= 4 is 23.5 Å². The average molecular weight is 338 g/mol. The number of halogens is 1. The standard InChI is InChI=1S/C17H20ClNO4/c18-13-5-3-10(4-6-13)15-14(7-8-23-15)19-16(20)11-1-2-12(9-11)17(21)22/h3-6,11-12,14-15H,1-2,7-9H2,(H,19,20)(H,21,22)/t11-,12+,14?,15?/m0/s1. The minimum Gasteiger partial charge on any atom is -0.481 e. The van der Waals surface area contributed by atoms with Gasteiger partial charge in [0, 0.05) is 17.5 Å². The van der Waals surface area contributed by atoms with Gasteiger partial charge in [-0.15, -0.1) is 0 Å². The lowest BCUT2D eigenvalue weighted by Crippen LogP contribution is -2.40. The van der Waals surface area contributed by atoms with E-state index in [1.807, 2.05) is 24.3 Å². The fourth-order valence-corrected chi connectivity index (χ4v) is 3.59. The van der Waals surface area contributed by atoms with Gasteiger partial charge in [-0.05, 0) is 43.4 Å². The highest BCUT2D eigenvalue weighted by molar-refractivity contribution is 6.30. The minimum absolute atomic E-state index is 0.0526. The number of aliphatic carboxylic acids is 1. The van der Waals surface area contributed by atoms with Crippen LogP contribution < -0.4 is 5.32 Å². The number of benzene rings is 1. The third-order valence-electron chi connectivity index (χ3n) is 4.77. The van der Waals surface area contributed by atoms with E-state index in [0.29, 0.717) is 30.9 Å². The lowest BCUT2D eigenvalue weighted by Gasteiger charge is -2.22. The summed E-state index contributed by atoms with van der Waals surface area (Å²) in [6.45, 7) is 0.598. The molecule has 1 saturated heterocycles. The van der Waals surface area contributed by atoms with E-state index in [9.17, 15) is 9.59 Å². The number of nitrogens with one attached hydrogen (secondary N) is 1. The molecule has 2 unspecified atom stereocenters. The first-order valence-electron chi connectivity index (χ1n) is 7.95. The number of carbonyl (C=O) groups is 2. The van der Waals surface area contributed by atoms with Crippen LogP contribution in [0, 0.1) is 11.8 Å². The van der Waals surface area contributed by atoms with Gasteiger partial charge in [0.2, 0.25) is 5.91 Å². The molecule has 0 spiro atoms. The number of carbonyl (C=O) groups excluding carboxylic acids is 1. The smallest absolute Gasteiger partial charge is 0.306 e. The maximum atomic E-state index is 12.4. The van der Waals surface area contributed by atoms with Gasteiger partial charge in [-0.25, -0.2) is 0 Å². The summed E-state index contributed by atoms with van der Waals surface area (Å²) in [4.78, 5) is 23.4. The summed E-state index contributed by atoms with van der Waals surface area (Å²) in [5.41, 5.74) is 0.993. The summed E-state index contributed by atoms with van der Waals surface area (Å²) in [7, 11) is 0. The number of amides is 1. The van der Waals surface area contributed by atoms with E-state index in [1.165, 1.54) is 0 Å². The van der Waals surface area contributed by atoms with Gasteiger partial charge in [-0.3, -0.25) is 9.59 Å². The molecule has 0 radical (unpaired) electrons. The molecule has 1 saturated carbocycles. The molecule has 0 aromatic heterocycles. The number of hydrogen-bond donors (Lipinski definition) is 2. The number of hydrogen-bond acceptors (Lipinski definition) is 3. The van der Waals surface area contributed by atoms with E-state index in [2.05, 4.69) is 5.32 Å². The largest absolute Gasteiger partial charge is 0.481 e. The first kappa shape index (κ1) is 16.3. The average Bonchev–Trinajstić information content (AvgIpc) is 3.17. The van der Waals surface area contributed by atoms with E-state index in [4.69, 9.17) is 21.4 Å². The summed E-state index contributed by atoms with van der Waals surface area (Å²) in [5.74, 6) is -1.45. The summed E-state index contributed by atoms with van der Waals surface area (Å²) >= 11 is 5.91. The minimum atomic E-state index is -0.802. The van der Waals surface area contributed by atoms with Crippen LogP contribution in [0.25, 0.3) is 0 Å². The quantitative estimate of drug-likeness (QED) is 0.885. The summed E-state index contributed by atoms with van der Waals surface area (Å²) < 4.78 is 5.76. The van der Waals surface area contributed by atoms with Gasteiger partial charge < -0.3 is 15.2 Å². The molecule has 4 atom stereocenters. The van der Waals surface area contributed by atoms with E-state index < -0.39 is 11.9 Å². The lowest BCUT2D eigenvalue weighted by atomic mass is 10.00. The van der Waals surface area contributed by atoms with Crippen molar-refractivity contribution in [2.45, 2.75) is 37.8 Å². The van der Waals surface area contributed by atoms with Gasteiger partial charge in [0.1, 0.15) is 6.10 Å². The van der Waals surface area contributed by atoms with Crippen LogP contribution in [0.1, 0.15) is 37.4 Å². The Kier molecular flexibility index (Phi) is 4.87. The molecule has 1 aromatic rings. The molecule has 5 nitrogen and oxygen atoms in total. The van der Waals surface area contributed by atoms with Crippen LogP contribution in [0.3, 0.4) is 0 Å². The molecule has 6 heteroatoms. The van der Waals surface area contributed by atoms with Gasteiger partial charge in [0.15, 0.2) is 0 Å². The third-order valence-corrected chi connectivity index (χ3v) is 5.02. The van der Waals surface area contributed by atoms with Gasteiger partial charge in [-0.2, -0.15) is 0 Å². The van der Waals surface area contributed by atoms with Crippen LogP contribution in [0.15, 0.2) is 24.3 Å². The van der Waals surface area contributed by atoms with E-state index in [0.717, 1.165) is 12.0 Å². The van der Waals surface area contributed by atoms with Crippen molar-refractivity contribution in [1.82, 2.24) is 5.32 Å². The summed E-state index contributed by atoms with van der Waals surface area (Å²) in [6.07, 6.45) is 2.24. The molecular weight excluding hydrogens is 318 g/mol. The number of ether oxygens (including phenoxy) is 1.